The Hall–Kier alpha value is 0.862. The average Bonchev–Trinajstić information content (AvgIpc) is 2.99. The standard InChI is InChI=1S/3C10H23O4P.Cr/c3*1-3-5-7-9-13-15(11,12)14-10-8-6-4-2;/h3*3-10H2,1-2H3,(H,11,12);/q;;;+3/p-3. The number of phosphoric acid groups is 3. The van der Waals surface area contributed by atoms with Crippen molar-refractivity contribution in [3.63, 3.8) is 0 Å². The Bertz CT molecular complexity index is 607. The predicted molar refractivity (Wildman–Crippen MR) is 176 cm³/mol. The van der Waals surface area contributed by atoms with Gasteiger partial charge in [-0.2, -0.15) is 0 Å². The van der Waals surface area contributed by atoms with Crippen molar-refractivity contribution in [3.05, 3.63) is 0 Å². The van der Waals surface area contributed by atoms with Crippen molar-refractivity contribution in [3.8, 4) is 0 Å². The fourth-order valence-electron chi connectivity index (χ4n) is 3.28. The van der Waals surface area contributed by atoms with E-state index in [0.717, 1.165) is 116 Å². The van der Waals surface area contributed by atoms with Crippen LogP contribution in [-0.2, 0) is 58.2 Å². The summed E-state index contributed by atoms with van der Waals surface area (Å²) in [5.41, 5.74) is 0. The van der Waals surface area contributed by atoms with Gasteiger partial charge in [0, 0.05) is 0 Å². The first kappa shape index (κ1) is 53.7. The van der Waals surface area contributed by atoms with Gasteiger partial charge in [-0.05, 0) is 38.5 Å². The predicted octanol–water partition coefficient (Wildman–Crippen LogP) is 8.60. The molecule has 0 rings (SSSR count). The molecular weight excluding hydrogens is 697 g/mol. The third-order valence-corrected chi connectivity index (χ3v) is 8.98. The Labute approximate surface area is 292 Å². The van der Waals surface area contributed by atoms with Crippen LogP contribution in [0.5, 0.6) is 0 Å². The smallest absolute Gasteiger partial charge is 0.756 e. The van der Waals surface area contributed by atoms with Crippen LogP contribution in [0.3, 0.4) is 0 Å². The minimum absolute atomic E-state index is 0. The molecule has 0 aromatic rings. The molecule has 0 heterocycles. The van der Waals surface area contributed by atoms with Crippen LogP contribution in [0.2, 0.25) is 0 Å². The first-order valence-corrected chi connectivity index (χ1v) is 21.5. The van der Waals surface area contributed by atoms with E-state index in [1.54, 1.807) is 0 Å². The van der Waals surface area contributed by atoms with Crippen molar-refractivity contribution < 1.29 is 72.9 Å². The maximum Gasteiger partial charge on any atom is 3.00 e. The Balaban J connectivity index is -0.000000285. The molecule has 0 aliphatic heterocycles. The zero-order chi connectivity index (χ0) is 34.7. The van der Waals surface area contributed by atoms with E-state index in [-0.39, 0.29) is 57.0 Å². The van der Waals surface area contributed by atoms with Crippen LogP contribution in [-0.4, -0.2) is 39.6 Å². The van der Waals surface area contributed by atoms with Gasteiger partial charge in [-0.3, -0.25) is 13.7 Å². The third kappa shape index (κ3) is 47.0. The summed E-state index contributed by atoms with van der Waals surface area (Å²) in [6.07, 6.45) is 16.8. The monoisotopic (exact) mass is 763 g/mol. The van der Waals surface area contributed by atoms with E-state index in [9.17, 15) is 28.4 Å². The minimum Gasteiger partial charge on any atom is -0.756 e. The van der Waals surface area contributed by atoms with Crippen LogP contribution in [0, 0.1) is 0 Å². The number of hydrogen-bond acceptors (Lipinski definition) is 12. The third-order valence-electron chi connectivity index (χ3n) is 5.98. The van der Waals surface area contributed by atoms with Gasteiger partial charge >= 0.3 is 17.4 Å². The van der Waals surface area contributed by atoms with E-state index >= 15 is 0 Å². The van der Waals surface area contributed by atoms with E-state index in [1.165, 1.54) is 0 Å². The van der Waals surface area contributed by atoms with Crippen molar-refractivity contribution in [1.82, 2.24) is 0 Å². The van der Waals surface area contributed by atoms with Gasteiger partial charge in [0.2, 0.25) is 0 Å². The molecule has 0 saturated heterocycles. The molecule has 16 heteroatoms. The van der Waals surface area contributed by atoms with Crippen molar-refractivity contribution in [2.75, 3.05) is 39.6 Å². The molecule has 1 radical (unpaired) electrons. The van der Waals surface area contributed by atoms with Gasteiger partial charge < -0.3 is 41.8 Å². The molecule has 0 amide bonds. The number of unbranched alkanes of at least 4 members (excludes halogenated alkanes) is 12. The molecule has 0 N–H and O–H groups in total. The molecular formula is C30H66CrO12P3. The molecule has 0 atom stereocenters. The van der Waals surface area contributed by atoms with E-state index in [0.29, 0.717) is 0 Å². The van der Waals surface area contributed by atoms with Crippen LogP contribution >= 0.6 is 23.5 Å². The molecule has 46 heavy (non-hydrogen) atoms. The summed E-state index contributed by atoms with van der Waals surface area (Å²) in [6.45, 7) is 13.8. The van der Waals surface area contributed by atoms with Crippen LogP contribution < -0.4 is 14.7 Å². The second-order valence-electron chi connectivity index (χ2n) is 10.6. The molecule has 0 aromatic heterocycles. The summed E-state index contributed by atoms with van der Waals surface area (Å²) in [7, 11) is -12.1. The SMILES string of the molecule is CCCCCOP(=O)([O-])OCCCCC.CCCCCOP(=O)([O-])OCCCCC.CCCCCOP(=O)([O-])OCCCCC.[Cr+3]. The topological polar surface area (TPSA) is 176 Å². The van der Waals surface area contributed by atoms with E-state index < -0.39 is 23.5 Å². The molecule has 0 aliphatic carbocycles. The van der Waals surface area contributed by atoms with Gasteiger partial charge in [0.1, 0.15) is 0 Å². The van der Waals surface area contributed by atoms with Crippen molar-refractivity contribution >= 4 is 23.5 Å². The molecule has 0 aromatic carbocycles. The van der Waals surface area contributed by atoms with Crippen LogP contribution in [0.4, 0.5) is 0 Å². The molecule has 0 unspecified atom stereocenters. The summed E-state index contributed by atoms with van der Waals surface area (Å²) >= 11 is 0. The quantitative estimate of drug-likeness (QED) is 0.0504. The van der Waals surface area contributed by atoms with Crippen molar-refractivity contribution in [2.24, 2.45) is 0 Å². The van der Waals surface area contributed by atoms with Crippen LogP contribution in [0.15, 0.2) is 0 Å². The molecule has 0 spiro atoms. The zero-order valence-corrected chi connectivity index (χ0v) is 33.6. The van der Waals surface area contributed by atoms with E-state index in [2.05, 4.69) is 68.7 Å². The minimum atomic E-state index is -4.02. The molecule has 0 aliphatic rings. The Kier molecular flexibility index (Phi) is 45.1. The summed E-state index contributed by atoms with van der Waals surface area (Å²) in [6, 6.07) is 0. The second kappa shape index (κ2) is 38.7. The van der Waals surface area contributed by atoms with Gasteiger partial charge in [0.15, 0.2) is 0 Å². The first-order valence-electron chi connectivity index (χ1n) is 17.2. The molecule has 0 saturated carbocycles. The maximum atomic E-state index is 11.1. The van der Waals surface area contributed by atoms with Gasteiger partial charge in [-0.1, -0.05) is 119 Å². The normalized spacial score (nSPS) is 11.7. The number of rotatable bonds is 30. The van der Waals surface area contributed by atoms with Crippen LogP contribution in [0.25, 0.3) is 0 Å². The fraction of sp³-hybridized carbons (Fsp3) is 1.00. The van der Waals surface area contributed by atoms with Gasteiger partial charge in [-0.15, -0.1) is 0 Å². The molecule has 279 valence electrons. The molecule has 0 fully saturated rings. The van der Waals surface area contributed by atoms with E-state index in [1.807, 2.05) is 0 Å². The van der Waals surface area contributed by atoms with Gasteiger partial charge in [-0.25, -0.2) is 0 Å². The maximum absolute atomic E-state index is 11.1. The Morgan fingerprint density at radius 3 is 0.565 bits per heavy atom. The summed E-state index contributed by atoms with van der Waals surface area (Å²) in [5.74, 6) is 0. The average molecular weight is 764 g/mol. The fourth-order valence-corrected chi connectivity index (χ4v) is 5.62. The van der Waals surface area contributed by atoms with Gasteiger partial charge in [0.05, 0.1) is 39.6 Å². The Morgan fingerprint density at radius 2 is 0.457 bits per heavy atom. The zero-order valence-electron chi connectivity index (χ0n) is 29.6. The number of hydrogen-bond donors (Lipinski definition) is 0. The van der Waals surface area contributed by atoms with E-state index in [4.69, 9.17) is 0 Å². The van der Waals surface area contributed by atoms with Crippen molar-refractivity contribution in [2.45, 2.75) is 157 Å². The second-order valence-corrected chi connectivity index (χ2v) is 14.8. The molecule has 12 nitrogen and oxygen atoms in total. The van der Waals surface area contributed by atoms with Crippen molar-refractivity contribution in [1.29, 1.82) is 0 Å². The first-order chi connectivity index (χ1) is 21.4. The Morgan fingerprint density at radius 1 is 0.326 bits per heavy atom. The largest absolute Gasteiger partial charge is 3.00 e. The summed E-state index contributed by atoms with van der Waals surface area (Å²) < 4.78 is 61.6. The van der Waals surface area contributed by atoms with Crippen LogP contribution in [0.1, 0.15) is 157 Å². The summed E-state index contributed by atoms with van der Waals surface area (Å²) in [5, 5.41) is 0. The molecule has 0 bridgehead atoms. The number of phosphoric ester groups is 3. The summed E-state index contributed by atoms with van der Waals surface area (Å²) in [4.78, 5) is 33.4. The van der Waals surface area contributed by atoms with Gasteiger partial charge in [0.25, 0.3) is 23.5 Å².